The Bertz CT molecular complexity index is 1580. The topological polar surface area (TPSA) is 120 Å². The van der Waals surface area contributed by atoms with Gasteiger partial charge in [-0.3, -0.25) is 14.2 Å². The third kappa shape index (κ3) is 4.36. The maximum absolute atomic E-state index is 13.4. The van der Waals surface area contributed by atoms with E-state index in [-0.39, 0.29) is 23.5 Å². The molecule has 0 aliphatic heterocycles. The summed E-state index contributed by atoms with van der Waals surface area (Å²) < 4.78 is 42.8. The number of primary amides is 1. The number of alkyl halides is 3. The normalized spacial score (nSPS) is 11.3. The van der Waals surface area contributed by atoms with Crippen LogP contribution in [0.4, 0.5) is 13.2 Å². The molecule has 0 unspecified atom stereocenters. The molecule has 0 saturated carbocycles. The number of carbonyl (C=O) groups is 1. The van der Waals surface area contributed by atoms with Crippen molar-refractivity contribution >= 4 is 5.91 Å². The molecule has 182 valence electrons. The number of amides is 1. The molecule has 8 nitrogen and oxygen atoms in total. The lowest BCUT2D eigenvalue weighted by atomic mass is 10.1. The highest BCUT2D eigenvalue weighted by Crippen LogP contribution is 2.32. The molecule has 2 aromatic carbocycles. The molecular weight excluding hydrogens is 473 g/mol. The first-order chi connectivity index (χ1) is 17.0. The van der Waals surface area contributed by atoms with Gasteiger partial charge in [-0.05, 0) is 61.9 Å². The minimum Gasteiger partial charge on any atom is -0.364 e. The van der Waals surface area contributed by atoms with E-state index in [1.54, 1.807) is 44.2 Å². The number of carbonyl (C=O) groups excluding carboxylic acids is 1. The number of halogens is 3. The maximum atomic E-state index is 13.4. The maximum Gasteiger partial charge on any atom is 0.416 e. The van der Waals surface area contributed by atoms with Crippen LogP contribution in [0, 0.1) is 18.3 Å². The Kier molecular flexibility index (Phi) is 6.20. The van der Waals surface area contributed by atoms with Gasteiger partial charge in [0.05, 0.1) is 40.0 Å². The van der Waals surface area contributed by atoms with Crippen LogP contribution in [0.2, 0.25) is 0 Å². The number of rotatable bonds is 5. The van der Waals surface area contributed by atoms with Crippen molar-refractivity contribution in [1.29, 1.82) is 5.26 Å². The molecule has 0 atom stereocenters. The van der Waals surface area contributed by atoms with Crippen LogP contribution in [0.15, 0.2) is 59.4 Å². The Balaban J connectivity index is 2.05. The summed E-state index contributed by atoms with van der Waals surface area (Å²) in [6.45, 7) is 3.44. The summed E-state index contributed by atoms with van der Waals surface area (Å²) >= 11 is 0. The predicted octanol–water partition coefficient (Wildman–Crippen LogP) is 3.95. The van der Waals surface area contributed by atoms with Crippen LogP contribution >= 0.6 is 0 Å². The second-order valence-electron chi connectivity index (χ2n) is 7.90. The van der Waals surface area contributed by atoms with Gasteiger partial charge in [0.15, 0.2) is 5.69 Å². The zero-order chi connectivity index (χ0) is 26.2. The highest BCUT2D eigenvalue weighted by Gasteiger charge is 2.31. The minimum absolute atomic E-state index is 0.0843. The Morgan fingerprint density at radius 3 is 2.39 bits per heavy atom. The molecule has 1 amide bonds. The van der Waals surface area contributed by atoms with Crippen molar-refractivity contribution in [3.05, 3.63) is 93.2 Å². The van der Waals surface area contributed by atoms with E-state index in [2.05, 4.69) is 10.1 Å². The van der Waals surface area contributed by atoms with Gasteiger partial charge in [-0.2, -0.15) is 23.5 Å². The van der Waals surface area contributed by atoms with Crippen LogP contribution in [0.5, 0.6) is 0 Å². The van der Waals surface area contributed by atoms with Gasteiger partial charge in [-0.25, -0.2) is 9.67 Å². The van der Waals surface area contributed by atoms with Crippen LogP contribution in [0.3, 0.4) is 0 Å². The number of nitrogens with two attached hydrogens (primary N) is 1. The third-order valence-corrected chi connectivity index (χ3v) is 5.49. The van der Waals surface area contributed by atoms with E-state index in [9.17, 15) is 22.8 Å². The Morgan fingerprint density at radius 2 is 1.81 bits per heavy atom. The molecule has 0 saturated heterocycles. The van der Waals surface area contributed by atoms with Crippen LogP contribution in [0.1, 0.15) is 39.9 Å². The smallest absolute Gasteiger partial charge is 0.364 e. The summed E-state index contributed by atoms with van der Waals surface area (Å²) in [6, 6.07) is 14.5. The standard InChI is InChI=1S/C25H19F3N6O2/c1-3-19-21(20-11-14(2)32-34(20)17-9-7-15(13-29)8-10-17)31-22(23(30)35)24(36)33(19)18-6-4-5-16(12-18)25(26,27)28/h4-12H,3H2,1-2H3,(H2,30,35). The van der Waals surface area contributed by atoms with E-state index < -0.39 is 28.9 Å². The number of aryl methyl sites for hydroxylation is 1. The number of nitrogens with zero attached hydrogens (tertiary/aromatic N) is 5. The molecular formula is C25H19F3N6O2. The molecule has 4 rings (SSSR count). The van der Waals surface area contributed by atoms with Gasteiger partial charge in [0.25, 0.3) is 11.5 Å². The van der Waals surface area contributed by atoms with E-state index in [1.807, 2.05) is 6.07 Å². The summed E-state index contributed by atoms with van der Waals surface area (Å²) in [4.78, 5) is 29.6. The number of hydrogen-bond donors (Lipinski definition) is 1. The first kappa shape index (κ1) is 24.4. The first-order valence-electron chi connectivity index (χ1n) is 10.8. The fourth-order valence-corrected chi connectivity index (χ4v) is 3.89. The van der Waals surface area contributed by atoms with Gasteiger partial charge in [-0.15, -0.1) is 0 Å². The fourth-order valence-electron chi connectivity index (χ4n) is 3.89. The van der Waals surface area contributed by atoms with Gasteiger partial charge in [-0.1, -0.05) is 13.0 Å². The number of benzene rings is 2. The lowest BCUT2D eigenvalue weighted by Gasteiger charge is -2.18. The average Bonchev–Trinajstić information content (AvgIpc) is 3.24. The summed E-state index contributed by atoms with van der Waals surface area (Å²) in [7, 11) is 0. The van der Waals surface area contributed by atoms with Crippen molar-refractivity contribution in [1.82, 2.24) is 19.3 Å². The van der Waals surface area contributed by atoms with Gasteiger partial charge in [0.2, 0.25) is 0 Å². The van der Waals surface area contributed by atoms with E-state index in [0.29, 0.717) is 22.6 Å². The molecule has 0 aliphatic rings. The van der Waals surface area contributed by atoms with Gasteiger partial charge < -0.3 is 5.73 Å². The highest BCUT2D eigenvalue weighted by molar-refractivity contribution is 5.91. The fraction of sp³-hybridized carbons (Fsp3) is 0.160. The number of aromatic nitrogens is 4. The zero-order valence-corrected chi connectivity index (χ0v) is 19.2. The summed E-state index contributed by atoms with van der Waals surface area (Å²) in [5, 5.41) is 13.6. The Hall–Kier alpha value is -4.72. The predicted molar refractivity (Wildman–Crippen MR) is 125 cm³/mol. The van der Waals surface area contributed by atoms with E-state index in [1.165, 1.54) is 16.8 Å². The first-order valence-corrected chi connectivity index (χ1v) is 10.8. The summed E-state index contributed by atoms with van der Waals surface area (Å²) in [6.07, 6.45) is -4.45. The number of hydrogen-bond acceptors (Lipinski definition) is 5. The van der Waals surface area contributed by atoms with Crippen molar-refractivity contribution in [2.75, 3.05) is 0 Å². The molecule has 0 spiro atoms. The van der Waals surface area contributed by atoms with E-state index in [4.69, 9.17) is 11.0 Å². The largest absolute Gasteiger partial charge is 0.416 e. The van der Waals surface area contributed by atoms with Crippen molar-refractivity contribution in [3.63, 3.8) is 0 Å². The van der Waals surface area contributed by atoms with Crippen molar-refractivity contribution < 1.29 is 18.0 Å². The van der Waals surface area contributed by atoms with Crippen LogP contribution in [-0.4, -0.2) is 25.2 Å². The van der Waals surface area contributed by atoms with Crippen LogP contribution < -0.4 is 11.3 Å². The highest BCUT2D eigenvalue weighted by atomic mass is 19.4. The second-order valence-corrected chi connectivity index (χ2v) is 7.90. The van der Waals surface area contributed by atoms with Crippen molar-refractivity contribution in [3.8, 4) is 28.8 Å². The summed E-state index contributed by atoms with van der Waals surface area (Å²) in [5.74, 6) is -1.12. The van der Waals surface area contributed by atoms with Gasteiger partial charge in [0.1, 0.15) is 5.69 Å². The van der Waals surface area contributed by atoms with Crippen molar-refractivity contribution in [2.45, 2.75) is 26.4 Å². The SMILES string of the molecule is CCc1c(-c2cc(C)nn2-c2ccc(C#N)cc2)nc(C(N)=O)c(=O)n1-c1cccc(C(F)(F)F)c1. The van der Waals surface area contributed by atoms with Gasteiger partial charge in [0, 0.05) is 5.69 Å². The van der Waals surface area contributed by atoms with E-state index in [0.717, 1.165) is 16.7 Å². The molecule has 36 heavy (non-hydrogen) atoms. The lowest BCUT2D eigenvalue weighted by molar-refractivity contribution is -0.137. The van der Waals surface area contributed by atoms with Crippen molar-refractivity contribution in [2.24, 2.45) is 5.73 Å². The molecule has 2 aromatic heterocycles. The molecule has 2 heterocycles. The quantitative estimate of drug-likeness (QED) is 0.453. The Morgan fingerprint density at radius 1 is 1.11 bits per heavy atom. The van der Waals surface area contributed by atoms with Crippen LogP contribution in [-0.2, 0) is 12.6 Å². The zero-order valence-electron chi connectivity index (χ0n) is 19.2. The molecule has 0 fully saturated rings. The van der Waals surface area contributed by atoms with Crippen LogP contribution in [0.25, 0.3) is 22.8 Å². The molecule has 11 heteroatoms. The molecule has 4 aromatic rings. The third-order valence-electron chi connectivity index (χ3n) is 5.49. The minimum atomic E-state index is -4.64. The number of nitriles is 1. The van der Waals surface area contributed by atoms with E-state index >= 15 is 0 Å². The average molecular weight is 492 g/mol. The lowest BCUT2D eigenvalue weighted by Crippen LogP contribution is -2.33. The molecule has 2 N–H and O–H groups in total. The Labute approximate surface area is 203 Å². The van der Waals surface area contributed by atoms with Gasteiger partial charge >= 0.3 is 6.18 Å². The molecule has 0 bridgehead atoms. The molecule has 0 aliphatic carbocycles. The molecule has 0 radical (unpaired) electrons. The monoisotopic (exact) mass is 492 g/mol. The second kappa shape index (κ2) is 9.14. The summed E-state index contributed by atoms with van der Waals surface area (Å²) in [5.41, 5.74) is 5.25.